The molecule has 0 bridgehead atoms. The highest BCUT2D eigenvalue weighted by molar-refractivity contribution is 7.16. The van der Waals surface area contributed by atoms with E-state index < -0.39 is 0 Å². The summed E-state index contributed by atoms with van der Waals surface area (Å²) in [5, 5.41) is 0. The predicted molar refractivity (Wildman–Crippen MR) is 62.7 cm³/mol. The lowest BCUT2D eigenvalue weighted by atomic mass is 10.1. The molecule has 1 atom stereocenters. The summed E-state index contributed by atoms with van der Waals surface area (Å²) in [7, 11) is 0. The fourth-order valence-corrected chi connectivity index (χ4v) is 2.70. The first-order valence-corrected chi connectivity index (χ1v) is 6.05. The van der Waals surface area contributed by atoms with Crippen LogP contribution in [-0.2, 0) is 4.74 Å². The molecular formula is C10H13ClN2OS. The number of hydrogen-bond donors (Lipinski definition) is 2. The van der Waals surface area contributed by atoms with Gasteiger partial charge in [-0.05, 0) is 31.1 Å². The SMILES string of the molecule is NNC(C1=CCCCO1)c1ccc(Cl)s1. The average molecular weight is 245 g/mol. The van der Waals surface area contributed by atoms with Gasteiger partial charge in [0.1, 0.15) is 11.8 Å². The lowest BCUT2D eigenvalue weighted by molar-refractivity contribution is 0.168. The van der Waals surface area contributed by atoms with Crippen molar-refractivity contribution in [2.24, 2.45) is 5.84 Å². The summed E-state index contributed by atoms with van der Waals surface area (Å²) in [6.45, 7) is 0.767. The van der Waals surface area contributed by atoms with E-state index in [1.54, 1.807) is 0 Å². The smallest absolute Gasteiger partial charge is 0.116 e. The molecule has 0 amide bonds. The van der Waals surface area contributed by atoms with Gasteiger partial charge in [0, 0.05) is 4.88 Å². The lowest BCUT2D eigenvalue weighted by Gasteiger charge is -2.22. The molecule has 1 aromatic heterocycles. The largest absolute Gasteiger partial charge is 0.496 e. The number of rotatable bonds is 3. The summed E-state index contributed by atoms with van der Waals surface area (Å²) >= 11 is 7.41. The highest BCUT2D eigenvalue weighted by atomic mass is 35.5. The maximum absolute atomic E-state index is 5.89. The molecule has 0 saturated heterocycles. The van der Waals surface area contributed by atoms with Crippen LogP contribution in [0, 0.1) is 0 Å². The molecule has 15 heavy (non-hydrogen) atoms. The number of nitrogens with two attached hydrogens (primary N) is 1. The Morgan fingerprint density at radius 2 is 2.40 bits per heavy atom. The van der Waals surface area contributed by atoms with E-state index in [1.807, 2.05) is 12.1 Å². The van der Waals surface area contributed by atoms with Gasteiger partial charge in [-0.2, -0.15) is 0 Å². The second-order valence-corrected chi connectivity index (χ2v) is 5.09. The third-order valence-electron chi connectivity index (χ3n) is 2.29. The van der Waals surface area contributed by atoms with Crippen LogP contribution in [0.4, 0.5) is 0 Å². The standard InChI is InChI=1S/C10H13ClN2OS/c11-9-5-4-8(15-9)10(13-12)7-3-1-2-6-14-7/h3-5,10,13H,1-2,6,12H2. The van der Waals surface area contributed by atoms with Crippen LogP contribution in [0.15, 0.2) is 24.0 Å². The zero-order valence-electron chi connectivity index (χ0n) is 8.20. The van der Waals surface area contributed by atoms with Gasteiger partial charge in [0.15, 0.2) is 0 Å². The normalized spacial score (nSPS) is 18.1. The number of halogens is 1. The van der Waals surface area contributed by atoms with Crippen molar-refractivity contribution in [3.63, 3.8) is 0 Å². The molecule has 3 nitrogen and oxygen atoms in total. The molecule has 82 valence electrons. The summed E-state index contributed by atoms with van der Waals surface area (Å²) in [6, 6.07) is 3.77. The Bertz CT molecular complexity index is 364. The molecule has 0 fully saturated rings. The van der Waals surface area contributed by atoms with Gasteiger partial charge >= 0.3 is 0 Å². The van der Waals surface area contributed by atoms with E-state index >= 15 is 0 Å². The first-order valence-electron chi connectivity index (χ1n) is 4.85. The van der Waals surface area contributed by atoms with Crippen molar-refractivity contribution in [1.82, 2.24) is 5.43 Å². The Kier molecular flexibility index (Phi) is 3.64. The van der Waals surface area contributed by atoms with Gasteiger partial charge in [0.05, 0.1) is 10.9 Å². The molecule has 2 heterocycles. The van der Waals surface area contributed by atoms with Crippen LogP contribution in [-0.4, -0.2) is 6.61 Å². The third kappa shape index (κ3) is 2.52. The Morgan fingerprint density at radius 1 is 1.53 bits per heavy atom. The van der Waals surface area contributed by atoms with Gasteiger partial charge in [-0.25, -0.2) is 5.43 Å². The molecule has 1 aliphatic rings. The fraction of sp³-hybridized carbons (Fsp3) is 0.400. The van der Waals surface area contributed by atoms with E-state index in [9.17, 15) is 0 Å². The number of thiophene rings is 1. The molecule has 0 aliphatic carbocycles. The van der Waals surface area contributed by atoms with Crippen molar-refractivity contribution in [2.75, 3.05) is 6.61 Å². The zero-order valence-corrected chi connectivity index (χ0v) is 9.77. The summed E-state index contributed by atoms with van der Waals surface area (Å²) in [5.41, 5.74) is 2.76. The van der Waals surface area contributed by atoms with E-state index in [0.29, 0.717) is 0 Å². The summed E-state index contributed by atoms with van der Waals surface area (Å²) < 4.78 is 6.34. The summed E-state index contributed by atoms with van der Waals surface area (Å²) in [5.74, 6) is 6.44. The molecule has 1 unspecified atom stereocenters. The van der Waals surface area contributed by atoms with Crippen molar-refractivity contribution in [1.29, 1.82) is 0 Å². The van der Waals surface area contributed by atoms with Crippen LogP contribution in [0.2, 0.25) is 4.34 Å². The Labute approximate surface area is 97.8 Å². The molecule has 0 saturated carbocycles. The Balaban J connectivity index is 2.19. The number of allylic oxidation sites excluding steroid dienone is 1. The summed E-state index contributed by atoms with van der Waals surface area (Å²) in [4.78, 5) is 1.08. The van der Waals surface area contributed by atoms with Gasteiger partial charge in [-0.15, -0.1) is 11.3 Å². The van der Waals surface area contributed by atoms with Crippen LogP contribution in [0.25, 0.3) is 0 Å². The van der Waals surface area contributed by atoms with E-state index in [1.165, 1.54) is 11.3 Å². The number of hydrogen-bond acceptors (Lipinski definition) is 4. The zero-order chi connectivity index (χ0) is 10.7. The molecule has 5 heteroatoms. The van der Waals surface area contributed by atoms with Gasteiger partial charge in [-0.1, -0.05) is 11.6 Å². The van der Waals surface area contributed by atoms with E-state index in [-0.39, 0.29) is 6.04 Å². The lowest BCUT2D eigenvalue weighted by Crippen LogP contribution is -2.30. The maximum Gasteiger partial charge on any atom is 0.116 e. The van der Waals surface area contributed by atoms with Crippen molar-refractivity contribution in [2.45, 2.75) is 18.9 Å². The van der Waals surface area contributed by atoms with Crippen LogP contribution in [0.3, 0.4) is 0 Å². The minimum atomic E-state index is -0.0669. The molecule has 2 rings (SSSR count). The number of nitrogens with one attached hydrogen (secondary N) is 1. The number of ether oxygens (including phenoxy) is 1. The quantitative estimate of drug-likeness (QED) is 0.635. The molecule has 1 aromatic rings. The molecule has 1 aliphatic heterocycles. The minimum Gasteiger partial charge on any atom is -0.496 e. The van der Waals surface area contributed by atoms with Gasteiger partial charge in [0.2, 0.25) is 0 Å². The first kappa shape index (κ1) is 11.0. The maximum atomic E-state index is 5.89. The monoisotopic (exact) mass is 244 g/mol. The van der Waals surface area contributed by atoms with Crippen molar-refractivity contribution in [3.8, 4) is 0 Å². The van der Waals surface area contributed by atoms with Gasteiger partial charge in [0.25, 0.3) is 0 Å². The molecule has 0 aromatic carbocycles. The average Bonchev–Trinajstić information content (AvgIpc) is 2.68. The third-order valence-corrected chi connectivity index (χ3v) is 3.59. The Morgan fingerprint density at radius 3 is 2.93 bits per heavy atom. The van der Waals surface area contributed by atoms with E-state index in [4.69, 9.17) is 22.2 Å². The van der Waals surface area contributed by atoms with E-state index in [0.717, 1.165) is 34.4 Å². The molecule has 3 N–H and O–H groups in total. The van der Waals surface area contributed by atoms with Gasteiger partial charge in [-0.3, -0.25) is 5.84 Å². The highest BCUT2D eigenvalue weighted by Gasteiger charge is 2.20. The second kappa shape index (κ2) is 4.99. The topological polar surface area (TPSA) is 47.3 Å². The van der Waals surface area contributed by atoms with Crippen LogP contribution < -0.4 is 11.3 Å². The molecule has 0 spiro atoms. The Hall–Kier alpha value is -0.550. The van der Waals surface area contributed by atoms with Crippen LogP contribution in [0.5, 0.6) is 0 Å². The molecule has 0 radical (unpaired) electrons. The summed E-state index contributed by atoms with van der Waals surface area (Å²) in [6.07, 6.45) is 4.21. The minimum absolute atomic E-state index is 0.0669. The van der Waals surface area contributed by atoms with Crippen molar-refractivity contribution < 1.29 is 4.74 Å². The van der Waals surface area contributed by atoms with Crippen LogP contribution in [0.1, 0.15) is 23.8 Å². The second-order valence-electron chi connectivity index (χ2n) is 3.34. The number of hydrazine groups is 1. The first-order chi connectivity index (χ1) is 7.31. The predicted octanol–water partition coefficient (Wildman–Crippen LogP) is 2.60. The fourth-order valence-electron chi connectivity index (χ4n) is 1.57. The highest BCUT2D eigenvalue weighted by Crippen LogP contribution is 2.32. The molecular weight excluding hydrogens is 232 g/mol. The van der Waals surface area contributed by atoms with Crippen molar-refractivity contribution >= 4 is 22.9 Å². The van der Waals surface area contributed by atoms with Crippen molar-refractivity contribution in [3.05, 3.63) is 33.2 Å². The van der Waals surface area contributed by atoms with E-state index in [2.05, 4.69) is 11.5 Å². The van der Waals surface area contributed by atoms with Gasteiger partial charge < -0.3 is 4.74 Å². The van der Waals surface area contributed by atoms with Crippen LogP contribution >= 0.6 is 22.9 Å².